The van der Waals surface area contributed by atoms with Gasteiger partial charge in [0.05, 0.1) is 29.2 Å². The van der Waals surface area contributed by atoms with E-state index in [2.05, 4.69) is 45.3 Å². The van der Waals surface area contributed by atoms with E-state index in [0.29, 0.717) is 6.42 Å². The molecular formula is C25H43N3O4S. The number of nitrogens with one attached hydrogen (secondary N) is 2. The van der Waals surface area contributed by atoms with Crippen LogP contribution in [0.25, 0.3) is 0 Å². The minimum Gasteiger partial charge on any atom is -0.394 e. The second-order valence-corrected chi connectivity index (χ2v) is 14.1. The van der Waals surface area contributed by atoms with Gasteiger partial charge in [0, 0.05) is 17.8 Å². The van der Waals surface area contributed by atoms with Crippen molar-refractivity contribution in [2.75, 3.05) is 13.7 Å². The molecule has 3 aliphatic rings. The van der Waals surface area contributed by atoms with Gasteiger partial charge in [-0.1, -0.05) is 34.6 Å². The van der Waals surface area contributed by atoms with Gasteiger partial charge in [-0.2, -0.15) is 0 Å². The Morgan fingerprint density at radius 1 is 1.21 bits per heavy atom. The molecule has 3 rings (SSSR count). The van der Waals surface area contributed by atoms with Crippen molar-refractivity contribution in [1.82, 2.24) is 15.5 Å². The van der Waals surface area contributed by atoms with Crippen LogP contribution in [0.2, 0.25) is 0 Å². The highest BCUT2D eigenvalue weighted by Crippen LogP contribution is 2.66. The largest absolute Gasteiger partial charge is 0.394 e. The molecule has 3 fully saturated rings. The van der Waals surface area contributed by atoms with Gasteiger partial charge in [-0.3, -0.25) is 14.4 Å². The number of thioether (sulfide) groups is 1. The lowest BCUT2D eigenvalue weighted by molar-refractivity contribution is -0.143. The number of likely N-dealkylation sites (tertiary alicyclic amines) is 1. The molecular weight excluding hydrogens is 438 g/mol. The summed E-state index contributed by atoms with van der Waals surface area (Å²) in [5, 5.41) is 16.3. The maximum Gasteiger partial charge on any atom is 0.244 e. The average Bonchev–Trinajstić information content (AvgIpc) is 3.30. The first-order valence-electron chi connectivity index (χ1n) is 12.3. The summed E-state index contributed by atoms with van der Waals surface area (Å²) in [5.74, 6) is -1.12. The van der Waals surface area contributed by atoms with E-state index < -0.39 is 34.2 Å². The zero-order valence-electron chi connectivity index (χ0n) is 21.5. The molecule has 3 heterocycles. The van der Waals surface area contributed by atoms with Crippen molar-refractivity contribution in [2.24, 2.45) is 23.2 Å². The first-order chi connectivity index (χ1) is 15.2. The molecule has 8 heteroatoms. The van der Waals surface area contributed by atoms with Crippen molar-refractivity contribution in [2.45, 2.75) is 102 Å². The zero-order chi connectivity index (χ0) is 24.9. The maximum atomic E-state index is 14.0. The van der Waals surface area contributed by atoms with Gasteiger partial charge in [-0.05, 0) is 50.9 Å². The number of carbonyl (C=O) groups excluding carboxylic acids is 3. The second-order valence-electron chi connectivity index (χ2n) is 12.5. The number of aliphatic hydroxyl groups is 1. The van der Waals surface area contributed by atoms with E-state index in [4.69, 9.17) is 0 Å². The molecule has 3 saturated heterocycles. The Hall–Kier alpha value is -1.28. The minimum absolute atomic E-state index is 0.0267. The van der Waals surface area contributed by atoms with Crippen LogP contribution >= 0.6 is 11.8 Å². The SMILES string of the molecule is CNC(=O)[C@@H]1[C@@H]2CCC3(S2)C(C(=O)NC(C)(C)CC(C)(C)C)N([C@@H](CO)CC(C)C)C(=O)[C@H]13. The third-order valence-electron chi connectivity index (χ3n) is 7.32. The second kappa shape index (κ2) is 9.06. The van der Waals surface area contributed by atoms with Crippen LogP contribution in [0.3, 0.4) is 0 Å². The van der Waals surface area contributed by atoms with Gasteiger partial charge in [0.1, 0.15) is 6.04 Å². The van der Waals surface area contributed by atoms with Crippen molar-refractivity contribution in [1.29, 1.82) is 0 Å². The quantitative estimate of drug-likeness (QED) is 0.495. The van der Waals surface area contributed by atoms with E-state index in [-0.39, 0.29) is 40.9 Å². The fraction of sp³-hybridized carbons (Fsp3) is 0.880. The van der Waals surface area contributed by atoms with Crippen LogP contribution < -0.4 is 10.6 Å². The highest BCUT2D eigenvalue weighted by Gasteiger charge is 2.74. The number of rotatable bonds is 8. The molecule has 3 aliphatic heterocycles. The third kappa shape index (κ3) is 4.79. The lowest BCUT2D eigenvalue weighted by Crippen LogP contribution is -2.60. The van der Waals surface area contributed by atoms with E-state index in [1.807, 2.05) is 13.8 Å². The lowest BCUT2D eigenvalue weighted by Gasteiger charge is -2.40. The minimum atomic E-state index is -0.685. The Kier molecular flexibility index (Phi) is 7.23. The van der Waals surface area contributed by atoms with Gasteiger partial charge in [0.15, 0.2) is 0 Å². The molecule has 3 N–H and O–H groups in total. The maximum absolute atomic E-state index is 14.0. The predicted molar refractivity (Wildman–Crippen MR) is 132 cm³/mol. The number of hydrogen-bond donors (Lipinski definition) is 3. The van der Waals surface area contributed by atoms with Gasteiger partial charge < -0.3 is 20.6 Å². The van der Waals surface area contributed by atoms with Crippen molar-refractivity contribution in [3.63, 3.8) is 0 Å². The highest BCUT2D eigenvalue weighted by molar-refractivity contribution is 8.02. The smallest absolute Gasteiger partial charge is 0.244 e. The van der Waals surface area contributed by atoms with Crippen LogP contribution in [-0.4, -0.2) is 69.0 Å². The molecule has 0 saturated carbocycles. The zero-order valence-corrected chi connectivity index (χ0v) is 22.3. The number of nitrogens with zero attached hydrogens (tertiary/aromatic N) is 1. The summed E-state index contributed by atoms with van der Waals surface area (Å²) in [6.45, 7) is 14.4. The van der Waals surface area contributed by atoms with Gasteiger partial charge in [0.2, 0.25) is 17.7 Å². The van der Waals surface area contributed by atoms with E-state index in [1.54, 1.807) is 23.7 Å². The Bertz CT molecular complexity index is 793. The number of aliphatic hydroxyl groups excluding tert-OH is 1. The summed E-state index contributed by atoms with van der Waals surface area (Å²) < 4.78 is -0.620. The summed E-state index contributed by atoms with van der Waals surface area (Å²) in [7, 11) is 1.61. The molecule has 1 spiro atoms. The Labute approximate surface area is 203 Å². The van der Waals surface area contributed by atoms with Crippen LogP contribution in [0.5, 0.6) is 0 Å². The van der Waals surface area contributed by atoms with Crippen molar-refractivity contribution in [3.8, 4) is 0 Å². The van der Waals surface area contributed by atoms with E-state index in [0.717, 1.165) is 19.3 Å². The summed E-state index contributed by atoms with van der Waals surface area (Å²) in [6, 6.07) is -1.13. The number of fused-ring (bicyclic) bond motifs is 1. The highest BCUT2D eigenvalue weighted by atomic mass is 32.2. The topological polar surface area (TPSA) is 98.7 Å². The van der Waals surface area contributed by atoms with Crippen LogP contribution in [0.1, 0.15) is 74.1 Å². The lowest BCUT2D eigenvalue weighted by atomic mass is 9.70. The summed E-state index contributed by atoms with van der Waals surface area (Å²) in [6.07, 6.45) is 2.96. The molecule has 2 bridgehead atoms. The Morgan fingerprint density at radius 3 is 2.36 bits per heavy atom. The fourth-order valence-corrected chi connectivity index (χ4v) is 9.05. The molecule has 0 aliphatic carbocycles. The number of hydrogen-bond acceptors (Lipinski definition) is 5. The number of carbonyl (C=O) groups is 3. The molecule has 33 heavy (non-hydrogen) atoms. The van der Waals surface area contributed by atoms with Crippen molar-refractivity contribution < 1.29 is 19.5 Å². The number of amides is 3. The monoisotopic (exact) mass is 481 g/mol. The van der Waals surface area contributed by atoms with Crippen molar-refractivity contribution in [3.05, 3.63) is 0 Å². The summed E-state index contributed by atoms with van der Waals surface area (Å²) in [4.78, 5) is 42.4. The third-order valence-corrected chi connectivity index (χ3v) is 9.27. The van der Waals surface area contributed by atoms with Gasteiger partial charge in [0.25, 0.3) is 0 Å². The molecule has 0 aromatic carbocycles. The predicted octanol–water partition coefficient (Wildman–Crippen LogP) is 2.56. The molecule has 6 atom stereocenters. The molecule has 2 unspecified atom stereocenters. The molecule has 0 aromatic rings. The Morgan fingerprint density at radius 2 is 1.85 bits per heavy atom. The van der Waals surface area contributed by atoms with E-state index in [1.165, 1.54) is 0 Å². The molecule has 188 valence electrons. The summed E-state index contributed by atoms with van der Waals surface area (Å²) >= 11 is 1.67. The van der Waals surface area contributed by atoms with Gasteiger partial charge in [-0.15, -0.1) is 11.8 Å². The Balaban J connectivity index is 2.03. The molecule has 0 radical (unpaired) electrons. The summed E-state index contributed by atoms with van der Waals surface area (Å²) in [5.41, 5.74) is -0.425. The van der Waals surface area contributed by atoms with E-state index in [9.17, 15) is 19.5 Å². The molecule has 3 amide bonds. The molecule has 0 aromatic heterocycles. The average molecular weight is 482 g/mol. The van der Waals surface area contributed by atoms with Gasteiger partial charge >= 0.3 is 0 Å². The standard InChI is InChI=1S/C25H43N3O4S/c1-14(2)11-15(12-29)28-19(21(31)27-24(6,7)13-23(3,4)5)25-10-9-16(33-25)17(20(30)26-8)18(25)22(28)32/h14-19,29H,9-13H2,1-8H3,(H,26,30)(H,27,31)/t15-,16+,17-,18+,19?,25?/m1/s1. The van der Waals surface area contributed by atoms with Crippen LogP contribution in [0, 0.1) is 23.2 Å². The van der Waals surface area contributed by atoms with Crippen LogP contribution in [-0.2, 0) is 14.4 Å². The fourth-order valence-electron chi connectivity index (χ4n) is 6.84. The molecule has 7 nitrogen and oxygen atoms in total. The van der Waals surface area contributed by atoms with Crippen molar-refractivity contribution >= 4 is 29.5 Å². The normalized spacial score (nSPS) is 32.3. The van der Waals surface area contributed by atoms with Crippen LogP contribution in [0.15, 0.2) is 0 Å². The van der Waals surface area contributed by atoms with Gasteiger partial charge in [-0.25, -0.2) is 0 Å². The first-order valence-corrected chi connectivity index (χ1v) is 13.2. The first kappa shape index (κ1) is 26.3. The van der Waals surface area contributed by atoms with E-state index >= 15 is 0 Å². The van der Waals surface area contributed by atoms with Crippen LogP contribution in [0.4, 0.5) is 0 Å².